The minimum absolute atomic E-state index is 0.00646. The minimum atomic E-state index is -5.42. The normalized spacial score (nSPS) is 12.7. The average molecular weight is 495 g/mol. The number of nitrogens with zero attached hydrogens (tertiary/aromatic N) is 2. The molecule has 1 aromatic heterocycles. The van der Waals surface area contributed by atoms with E-state index in [1.54, 1.807) is 18.2 Å². The molecular weight excluding hydrogens is 480 g/mol. The lowest BCUT2D eigenvalue weighted by Crippen LogP contribution is -2.37. The minimum Gasteiger partial charge on any atom is -0.485 e. The molecule has 0 atom stereocenters. The highest BCUT2D eigenvalue weighted by Crippen LogP contribution is 2.30. The van der Waals surface area contributed by atoms with E-state index < -0.39 is 33.8 Å². The summed E-state index contributed by atoms with van der Waals surface area (Å²) in [5, 5.41) is 3.68. The van der Waals surface area contributed by atoms with Gasteiger partial charge in [-0.3, -0.25) is 0 Å². The molecule has 0 saturated carbocycles. The fraction of sp³-hybridized carbons (Fsp3) is 0.263. The van der Waals surface area contributed by atoms with Crippen molar-refractivity contribution in [2.24, 2.45) is 0 Å². The molecule has 7 nitrogen and oxygen atoms in total. The van der Waals surface area contributed by atoms with Gasteiger partial charge in [0.15, 0.2) is 6.61 Å². The number of ether oxygens (including phenoxy) is 1. The molecule has 3 aromatic rings. The summed E-state index contributed by atoms with van der Waals surface area (Å²) < 4.78 is 109. The Labute approximate surface area is 183 Å². The molecule has 14 heteroatoms. The van der Waals surface area contributed by atoms with Gasteiger partial charge in [0, 0.05) is 12.1 Å². The van der Waals surface area contributed by atoms with E-state index in [-0.39, 0.29) is 30.3 Å². The van der Waals surface area contributed by atoms with Gasteiger partial charge in [-0.15, -0.1) is 0 Å². The second-order valence-corrected chi connectivity index (χ2v) is 8.38. The first-order valence-corrected chi connectivity index (χ1v) is 10.6. The molecule has 33 heavy (non-hydrogen) atoms. The lowest BCUT2D eigenvalue weighted by Gasteiger charge is -2.10. The van der Waals surface area contributed by atoms with Crippen molar-refractivity contribution in [1.29, 1.82) is 0 Å². The first-order chi connectivity index (χ1) is 15.3. The molecule has 0 saturated heterocycles. The van der Waals surface area contributed by atoms with Crippen molar-refractivity contribution in [1.82, 2.24) is 14.9 Å². The van der Waals surface area contributed by atoms with Crippen LogP contribution < -0.4 is 9.46 Å². The van der Waals surface area contributed by atoms with Gasteiger partial charge in [-0.2, -0.15) is 31.3 Å². The Balaban J connectivity index is 1.56. The van der Waals surface area contributed by atoms with E-state index in [9.17, 15) is 34.8 Å². The first kappa shape index (κ1) is 24.5. The van der Waals surface area contributed by atoms with E-state index in [1.165, 1.54) is 22.9 Å². The topological polar surface area (TPSA) is 94.3 Å². The summed E-state index contributed by atoms with van der Waals surface area (Å²) in [5.74, 6) is 0.410. The Hall–Kier alpha value is -3.13. The largest absolute Gasteiger partial charge is 0.511 e. The van der Waals surface area contributed by atoms with Crippen molar-refractivity contribution in [2.75, 3.05) is 6.54 Å². The van der Waals surface area contributed by atoms with Gasteiger partial charge in [0.2, 0.25) is 5.82 Å². The summed E-state index contributed by atoms with van der Waals surface area (Å²) in [4.78, 5) is 4.04. The Kier molecular flexibility index (Phi) is 6.97. The number of hydrogen-bond acceptors (Lipinski definition) is 6. The lowest BCUT2D eigenvalue weighted by molar-refractivity contribution is -0.137. The third-order valence-electron chi connectivity index (χ3n) is 4.20. The van der Waals surface area contributed by atoms with Crippen molar-refractivity contribution in [3.63, 3.8) is 0 Å². The summed E-state index contributed by atoms with van der Waals surface area (Å²) in [7, 11) is -5.42. The Morgan fingerprint density at radius 3 is 2.33 bits per heavy atom. The number of rotatable bonds is 8. The molecule has 0 aliphatic heterocycles. The predicted molar refractivity (Wildman–Crippen MR) is 102 cm³/mol. The highest BCUT2D eigenvalue weighted by molar-refractivity contribution is 7.90. The van der Waals surface area contributed by atoms with Crippen LogP contribution in [0.5, 0.6) is 5.75 Å². The van der Waals surface area contributed by atoms with Crippen molar-refractivity contribution in [2.45, 2.75) is 24.7 Å². The fourth-order valence-corrected chi connectivity index (χ4v) is 3.12. The van der Waals surface area contributed by atoms with Crippen LogP contribution in [0.4, 0.5) is 26.3 Å². The zero-order chi connectivity index (χ0) is 24.3. The zero-order valence-electron chi connectivity index (χ0n) is 16.4. The molecule has 2 aromatic carbocycles. The maximum Gasteiger partial charge on any atom is 0.511 e. The number of sulfonamides is 1. The highest BCUT2D eigenvalue weighted by Gasteiger charge is 2.45. The van der Waals surface area contributed by atoms with E-state index in [0.717, 1.165) is 12.1 Å². The van der Waals surface area contributed by atoms with Gasteiger partial charge in [0.25, 0.3) is 5.89 Å². The van der Waals surface area contributed by atoms with E-state index in [4.69, 9.17) is 9.26 Å². The smallest absolute Gasteiger partial charge is 0.485 e. The maximum absolute atomic E-state index is 12.6. The van der Waals surface area contributed by atoms with Crippen molar-refractivity contribution >= 4 is 10.0 Å². The van der Waals surface area contributed by atoms with Gasteiger partial charge >= 0.3 is 21.7 Å². The number of alkyl halides is 6. The van der Waals surface area contributed by atoms with Crippen LogP contribution in [0.1, 0.15) is 17.0 Å². The molecule has 178 valence electrons. The zero-order valence-corrected chi connectivity index (χ0v) is 17.3. The van der Waals surface area contributed by atoms with Crippen LogP contribution >= 0.6 is 0 Å². The maximum atomic E-state index is 12.6. The fourth-order valence-electron chi connectivity index (χ4n) is 2.58. The molecule has 0 bridgehead atoms. The second kappa shape index (κ2) is 9.39. The van der Waals surface area contributed by atoms with Crippen LogP contribution in [-0.4, -0.2) is 30.6 Å². The van der Waals surface area contributed by atoms with Crippen LogP contribution in [0.3, 0.4) is 0 Å². The molecule has 0 fully saturated rings. The van der Waals surface area contributed by atoms with Gasteiger partial charge in [0.05, 0.1) is 5.56 Å². The van der Waals surface area contributed by atoms with Crippen molar-refractivity contribution in [3.8, 4) is 17.2 Å². The number of nitrogens with one attached hydrogen (secondary N) is 1. The average Bonchev–Trinajstić information content (AvgIpc) is 3.20. The molecule has 3 rings (SSSR count). The van der Waals surface area contributed by atoms with E-state index in [1.807, 2.05) is 0 Å². The molecule has 0 unspecified atom stereocenters. The Morgan fingerprint density at radius 1 is 1.00 bits per heavy atom. The third kappa shape index (κ3) is 6.44. The van der Waals surface area contributed by atoms with Gasteiger partial charge < -0.3 is 9.26 Å². The van der Waals surface area contributed by atoms with Crippen LogP contribution in [0.15, 0.2) is 53.1 Å². The summed E-state index contributed by atoms with van der Waals surface area (Å²) in [6.07, 6.45) is -4.49. The van der Waals surface area contributed by atoms with Crippen molar-refractivity contribution < 1.29 is 44.0 Å². The third-order valence-corrected chi connectivity index (χ3v) is 5.40. The summed E-state index contributed by atoms with van der Waals surface area (Å²) in [5.41, 5.74) is -5.41. The monoisotopic (exact) mass is 495 g/mol. The number of aromatic nitrogens is 2. The van der Waals surface area contributed by atoms with Crippen molar-refractivity contribution in [3.05, 3.63) is 65.5 Å². The molecular formula is C19H15F6N3O4S. The standard InChI is InChI=1S/C19H15F6N3O4S/c20-18(21,22)14-6-4-13(5-7-14)17-27-16(28-32-17)11-31-15-3-1-2-12(10-15)8-9-26-33(29,30)19(23,24)25/h1-7,10,26H,8-9,11H2. The van der Waals surface area contributed by atoms with Crippen LogP contribution in [0.2, 0.25) is 0 Å². The van der Waals surface area contributed by atoms with Gasteiger partial charge in [-0.1, -0.05) is 17.3 Å². The van der Waals surface area contributed by atoms with Crippen LogP contribution in [0, 0.1) is 0 Å². The predicted octanol–water partition coefficient (Wildman–Crippen LogP) is 4.32. The molecule has 0 aliphatic rings. The van der Waals surface area contributed by atoms with Gasteiger partial charge in [0.1, 0.15) is 5.75 Å². The van der Waals surface area contributed by atoms with Gasteiger partial charge in [-0.25, -0.2) is 13.1 Å². The molecule has 0 radical (unpaired) electrons. The number of benzene rings is 2. The first-order valence-electron chi connectivity index (χ1n) is 9.13. The quantitative estimate of drug-likeness (QED) is 0.468. The van der Waals surface area contributed by atoms with E-state index in [2.05, 4.69) is 10.1 Å². The van der Waals surface area contributed by atoms with E-state index in [0.29, 0.717) is 11.3 Å². The highest BCUT2D eigenvalue weighted by atomic mass is 32.2. The second-order valence-electron chi connectivity index (χ2n) is 6.62. The van der Waals surface area contributed by atoms with Crippen LogP contribution in [-0.2, 0) is 29.2 Å². The van der Waals surface area contributed by atoms with Crippen LogP contribution in [0.25, 0.3) is 11.5 Å². The summed E-state index contributed by atoms with van der Waals surface area (Å²) >= 11 is 0. The number of halogens is 6. The Morgan fingerprint density at radius 2 is 1.70 bits per heavy atom. The number of hydrogen-bond donors (Lipinski definition) is 1. The van der Waals surface area contributed by atoms with E-state index >= 15 is 0 Å². The lowest BCUT2D eigenvalue weighted by atomic mass is 10.1. The SMILES string of the molecule is O=S(=O)(NCCc1cccc(OCc2noc(-c3ccc(C(F)(F)F)cc3)n2)c1)C(F)(F)F. The van der Waals surface area contributed by atoms with Gasteiger partial charge in [-0.05, 0) is 48.4 Å². The molecule has 0 aliphatic carbocycles. The molecule has 0 amide bonds. The Bertz CT molecular complexity index is 1190. The molecule has 1 N–H and O–H groups in total. The molecule has 1 heterocycles. The molecule has 0 spiro atoms. The summed E-state index contributed by atoms with van der Waals surface area (Å²) in [6, 6.07) is 10.3. The summed E-state index contributed by atoms with van der Waals surface area (Å²) in [6.45, 7) is -0.624.